The van der Waals surface area contributed by atoms with Gasteiger partial charge < -0.3 is 5.32 Å². The van der Waals surface area contributed by atoms with Crippen LogP contribution in [0.5, 0.6) is 0 Å². The summed E-state index contributed by atoms with van der Waals surface area (Å²) in [4.78, 5) is 0. The van der Waals surface area contributed by atoms with Gasteiger partial charge in [0, 0.05) is 6.54 Å². The quantitative estimate of drug-likeness (QED) is 0.730. The number of rotatable bonds is 4. The summed E-state index contributed by atoms with van der Waals surface area (Å²) in [6.45, 7) is 6.57. The molecule has 1 heterocycles. The van der Waals surface area contributed by atoms with Gasteiger partial charge in [-0.2, -0.15) is 11.3 Å². The normalized spacial score (nSPS) is 10.8. The Hall–Kier alpha value is -0.340. The maximum Gasteiger partial charge on any atom is 0.0213 e. The van der Waals surface area contributed by atoms with Crippen LogP contribution in [0.4, 0.5) is 0 Å². The first kappa shape index (κ1) is 8.75. The van der Waals surface area contributed by atoms with Crippen LogP contribution in [0.2, 0.25) is 0 Å². The molecule has 0 atom stereocenters. The minimum Gasteiger partial charge on any atom is -0.312 e. The standard InChI is InChI=1S/C9H15NS/c1-8(2)5-10-6-9-3-4-11-7-9/h3-4,7-8,10H,5-6H2,1-2H3. The van der Waals surface area contributed by atoms with Gasteiger partial charge in [-0.25, -0.2) is 0 Å². The molecule has 0 bridgehead atoms. The maximum absolute atomic E-state index is 3.39. The zero-order chi connectivity index (χ0) is 8.10. The van der Waals surface area contributed by atoms with Crippen molar-refractivity contribution in [2.75, 3.05) is 6.54 Å². The molecule has 0 aliphatic rings. The van der Waals surface area contributed by atoms with E-state index < -0.39 is 0 Å². The maximum atomic E-state index is 3.39. The van der Waals surface area contributed by atoms with E-state index >= 15 is 0 Å². The van der Waals surface area contributed by atoms with Crippen molar-refractivity contribution < 1.29 is 0 Å². The summed E-state index contributed by atoms with van der Waals surface area (Å²) >= 11 is 1.76. The van der Waals surface area contributed by atoms with Gasteiger partial charge in [0.05, 0.1) is 0 Å². The van der Waals surface area contributed by atoms with Gasteiger partial charge in [0.25, 0.3) is 0 Å². The summed E-state index contributed by atoms with van der Waals surface area (Å²) in [6.07, 6.45) is 0. The molecule has 1 nitrogen and oxygen atoms in total. The van der Waals surface area contributed by atoms with Gasteiger partial charge in [0.2, 0.25) is 0 Å². The van der Waals surface area contributed by atoms with E-state index in [-0.39, 0.29) is 0 Å². The summed E-state index contributed by atoms with van der Waals surface area (Å²) in [7, 11) is 0. The Labute approximate surface area is 72.4 Å². The highest BCUT2D eigenvalue weighted by molar-refractivity contribution is 7.07. The smallest absolute Gasteiger partial charge is 0.0213 e. The average molecular weight is 169 g/mol. The lowest BCUT2D eigenvalue weighted by Crippen LogP contribution is -2.18. The van der Waals surface area contributed by atoms with E-state index in [9.17, 15) is 0 Å². The predicted molar refractivity (Wildman–Crippen MR) is 50.9 cm³/mol. The average Bonchev–Trinajstić information content (AvgIpc) is 2.39. The lowest BCUT2D eigenvalue weighted by Gasteiger charge is -2.05. The summed E-state index contributed by atoms with van der Waals surface area (Å²) in [5.41, 5.74) is 1.40. The largest absolute Gasteiger partial charge is 0.312 e. The van der Waals surface area contributed by atoms with Crippen LogP contribution in [0.15, 0.2) is 16.8 Å². The first-order valence-electron chi connectivity index (χ1n) is 4.01. The molecule has 0 amide bonds. The lowest BCUT2D eigenvalue weighted by atomic mass is 10.2. The van der Waals surface area contributed by atoms with Gasteiger partial charge in [0.15, 0.2) is 0 Å². The first-order valence-corrected chi connectivity index (χ1v) is 4.95. The Morgan fingerprint density at radius 3 is 2.91 bits per heavy atom. The van der Waals surface area contributed by atoms with Crippen molar-refractivity contribution in [2.45, 2.75) is 20.4 Å². The van der Waals surface area contributed by atoms with Crippen molar-refractivity contribution >= 4 is 11.3 Å². The Morgan fingerprint density at radius 1 is 1.55 bits per heavy atom. The molecule has 0 unspecified atom stereocenters. The Balaban J connectivity index is 2.14. The molecular weight excluding hydrogens is 154 g/mol. The fourth-order valence-corrected chi connectivity index (χ4v) is 1.57. The van der Waals surface area contributed by atoms with E-state index in [1.54, 1.807) is 11.3 Å². The zero-order valence-corrected chi connectivity index (χ0v) is 7.95. The third-order valence-electron chi connectivity index (χ3n) is 1.46. The molecular formula is C9H15NS. The third kappa shape index (κ3) is 3.54. The summed E-state index contributed by atoms with van der Waals surface area (Å²) in [6, 6.07) is 2.16. The van der Waals surface area contributed by atoms with Gasteiger partial charge >= 0.3 is 0 Å². The molecule has 1 N–H and O–H groups in total. The minimum absolute atomic E-state index is 0.744. The molecule has 11 heavy (non-hydrogen) atoms. The van der Waals surface area contributed by atoms with Crippen molar-refractivity contribution in [3.05, 3.63) is 22.4 Å². The fraction of sp³-hybridized carbons (Fsp3) is 0.556. The van der Waals surface area contributed by atoms with Crippen LogP contribution < -0.4 is 5.32 Å². The monoisotopic (exact) mass is 169 g/mol. The second-order valence-electron chi connectivity index (χ2n) is 3.16. The van der Waals surface area contributed by atoms with Crippen LogP contribution in [0.3, 0.4) is 0 Å². The predicted octanol–water partition coefficient (Wildman–Crippen LogP) is 2.49. The molecule has 0 radical (unpaired) electrons. The molecule has 0 saturated carbocycles. The van der Waals surface area contributed by atoms with Gasteiger partial charge in [-0.15, -0.1) is 0 Å². The van der Waals surface area contributed by atoms with Crippen LogP contribution in [0.1, 0.15) is 19.4 Å². The van der Waals surface area contributed by atoms with Crippen molar-refractivity contribution in [3.63, 3.8) is 0 Å². The van der Waals surface area contributed by atoms with E-state index in [2.05, 4.69) is 36.0 Å². The Kier molecular flexibility index (Phi) is 3.60. The molecule has 0 aliphatic carbocycles. The highest BCUT2D eigenvalue weighted by atomic mass is 32.1. The van der Waals surface area contributed by atoms with E-state index in [0.29, 0.717) is 0 Å². The Bertz CT molecular complexity index is 179. The van der Waals surface area contributed by atoms with Crippen LogP contribution in [-0.2, 0) is 6.54 Å². The number of hydrogen-bond acceptors (Lipinski definition) is 2. The summed E-state index contributed by atoms with van der Waals surface area (Å²) in [5.74, 6) is 0.744. The van der Waals surface area contributed by atoms with E-state index in [4.69, 9.17) is 0 Å². The molecule has 0 spiro atoms. The molecule has 0 saturated heterocycles. The van der Waals surface area contributed by atoms with Gasteiger partial charge in [0.1, 0.15) is 0 Å². The minimum atomic E-state index is 0.744. The number of thiophene rings is 1. The molecule has 0 aliphatic heterocycles. The van der Waals surface area contributed by atoms with Crippen LogP contribution in [0.25, 0.3) is 0 Å². The summed E-state index contributed by atoms with van der Waals surface area (Å²) < 4.78 is 0. The van der Waals surface area contributed by atoms with Crippen LogP contribution >= 0.6 is 11.3 Å². The SMILES string of the molecule is CC(C)CNCc1ccsc1. The second kappa shape index (κ2) is 4.52. The molecule has 1 aromatic heterocycles. The van der Waals surface area contributed by atoms with E-state index in [1.165, 1.54) is 5.56 Å². The van der Waals surface area contributed by atoms with Gasteiger partial charge in [-0.1, -0.05) is 13.8 Å². The zero-order valence-electron chi connectivity index (χ0n) is 7.13. The third-order valence-corrected chi connectivity index (χ3v) is 2.19. The second-order valence-corrected chi connectivity index (χ2v) is 3.94. The highest BCUT2D eigenvalue weighted by Crippen LogP contribution is 2.04. The molecule has 0 fully saturated rings. The summed E-state index contributed by atoms with van der Waals surface area (Å²) in [5, 5.41) is 7.70. The van der Waals surface area contributed by atoms with Gasteiger partial charge in [-0.3, -0.25) is 0 Å². The molecule has 0 aromatic carbocycles. The number of hydrogen-bond donors (Lipinski definition) is 1. The van der Waals surface area contributed by atoms with Crippen molar-refractivity contribution in [3.8, 4) is 0 Å². The van der Waals surface area contributed by atoms with Crippen LogP contribution in [-0.4, -0.2) is 6.54 Å². The first-order chi connectivity index (χ1) is 5.29. The molecule has 2 heteroatoms. The van der Waals surface area contributed by atoms with E-state index in [0.717, 1.165) is 19.0 Å². The highest BCUT2D eigenvalue weighted by Gasteiger charge is 1.93. The topological polar surface area (TPSA) is 12.0 Å². The van der Waals surface area contributed by atoms with Crippen molar-refractivity contribution in [1.29, 1.82) is 0 Å². The Morgan fingerprint density at radius 2 is 2.36 bits per heavy atom. The van der Waals surface area contributed by atoms with Gasteiger partial charge in [-0.05, 0) is 34.9 Å². The van der Waals surface area contributed by atoms with Crippen molar-refractivity contribution in [2.24, 2.45) is 5.92 Å². The van der Waals surface area contributed by atoms with Crippen molar-refractivity contribution in [1.82, 2.24) is 5.32 Å². The fourth-order valence-electron chi connectivity index (χ4n) is 0.898. The van der Waals surface area contributed by atoms with Crippen LogP contribution in [0, 0.1) is 5.92 Å². The molecule has 62 valence electrons. The van der Waals surface area contributed by atoms with E-state index in [1.807, 2.05) is 0 Å². The molecule has 1 rings (SSSR count). The number of nitrogens with one attached hydrogen (secondary N) is 1. The lowest BCUT2D eigenvalue weighted by molar-refractivity contribution is 0.553. The molecule has 1 aromatic rings.